The molecule has 1 aliphatic rings. The van der Waals surface area contributed by atoms with Crippen molar-refractivity contribution in [1.82, 2.24) is 15.6 Å². The third-order valence-electron chi connectivity index (χ3n) is 6.48. The summed E-state index contributed by atoms with van der Waals surface area (Å²) < 4.78 is 37.2. The van der Waals surface area contributed by atoms with E-state index < -0.39 is 18.0 Å². The average molecular weight is 561 g/mol. The first kappa shape index (κ1) is 27.9. The van der Waals surface area contributed by atoms with Crippen LogP contribution in [0.3, 0.4) is 0 Å². The second-order valence-electron chi connectivity index (χ2n) is 9.06. The Hall–Kier alpha value is -4.12. The molecule has 0 bridgehead atoms. The van der Waals surface area contributed by atoms with E-state index in [0.717, 1.165) is 5.39 Å². The van der Waals surface area contributed by atoms with E-state index in [4.69, 9.17) is 11.6 Å². The first-order chi connectivity index (χ1) is 18.5. The molecule has 0 radical (unpaired) electrons. The number of carbonyl (C=O) groups is 3. The van der Waals surface area contributed by atoms with E-state index in [2.05, 4.69) is 10.5 Å². The fraction of sp³-hybridized carbons (Fsp3) is 0.259. The number of alkyl halides is 3. The Morgan fingerprint density at radius 3 is 2.41 bits per heavy atom. The Balaban J connectivity index is 1.42. The lowest BCUT2D eigenvalue weighted by molar-refractivity contribution is -0.173. The van der Waals surface area contributed by atoms with E-state index in [1.54, 1.807) is 29.2 Å². The van der Waals surface area contributed by atoms with Crippen LogP contribution in [0.5, 0.6) is 5.75 Å². The first-order valence-corrected chi connectivity index (χ1v) is 12.4. The third-order valence-corrected chi connectivity index (χ3v) is 6.78. The topological polar surface area (TPSA) is 111 Å². The van der Waals surface area contributed by atoms with Crippen LogP contribution in [0.2, 0.25) is 5.02 Å². The maximum Gasteiger partial charge on any atom is 0.471 e. The van der Waals surface area contributed by atoms with E-state index in [1.165, 1.54) is 24.4 Å². The molecule has 4 rings (SSSR count). The number of likely N-dealkylation sites (tertiary alicyclic amines) is 1. The average Bonchev–Trinajstić information content (AvgIpc) is 2.92. The van der Waals surface area contributed by atoms with Gasteiger partial charge in [0, 0.05) is 36.3 Å². The van der Waals surface area contributed by atoms with Crippen LogP contribution in [-0.4, -0.2) is 59.8 Å². The number of aromatic hydroxyl groups is 1. The number of nitrogens with zero attached hydrogens (tertiary/aromatic N) is 2. The minimum Gasteiger partial charge on any atom is -0.506 e. The molecule has 3 N–H and O–H groups in total. The van der Waals surface area contributed by atoms with Gasteiger partial charge in [0.2, 0.25) is 0 Å². The summed E-state index contributed by atoms with van der Waals surface area (Å²) in [6, 6.07) is 14.6. The molecule has 1 aliphatic heterocycles. The van der Waals surface area contributed by atoms with Gasteiger partial charge in [-0.15, -0.1) is 0 Å². The number of piperidine rings is 1. The van der Waals surface area contributed by atoms with Gasteiger partial charge >= 0.3 is 12.1 Å². The molecule has 0 aliphatic carbocycles. The van der Waals surface area contributed by atoms with Crippen molar-refractivity contribution < 1.29 is 32.7 Å². The number of hydrogen-bond donors (Lipinski definition) is 3. The van der Waals surface area contributed by atoms with Gasteiger partial charge in [0.15, 0.2) is 0 Å². The number of carbonyl (C=O) groups excluding carboxylic acids is 3. The normalized spacial score (nSPS) is 14.5. The van der Waals surface area contributed by atoms with Crippen LogP contribution in [0.1, 0.15) is 39.1 Å². The van der Waals surface area contributed by atoms with Crippen molar-refractivity contribution in [2.45, 2.75) is 19.0 Å². The summed E-state index contributed by atoms with van der Waals surface area (Å²) in [5.74, 6) is -2.98. The third kappa shape index (κ3) is 6.66. The summed E-state index contributed by atoms with van der Waals surface area (Å²) in [4.78, 5) is 38.4. The van der Waals surface area contributed by atoms with E-state index in [9.17, 15) is 32.7 Å². The molecule has 3 aromatic carbocycles. The summed E-state index contributed by atoms with van der Waals surface area (Å²) >= 11 is 5.85. The number of hydrogen-bond acceptors (Lipinski definition) is 5. The van der Waals surface area contributed by atoms with Crippen molar-refractivity contribution in [3.8, 4) is 5.75 Å². The van der Waals surface area contributed by atoms with Gasteiger partial charge in [-0.05, 0) is 53.8 Å². The van der Waals surface area contributed by atoms with Crippen molar-refractivity contribution in [3.63, 3.8) is 0 Å². The Kier molecular flexibility index (Phi) is 8.39. The zero-order chi connectivity index (χ0) is 28.2. The Bertz CT molecular complexity index is 1440. The number of rotatable bonds is 6. The Morgan fingerprint density at radius 2 is 1.74 bits per heavy atom. The van der Waals surface area contributed by atoms with Crippen LogP contribution in [-0.2, 0) is 4.79 Å². The molecule has 204 valence electrons. The maximum atomic E-state index is 13.3. The molecule has 1 heterocycles. The maximum absolute atomic E-state index is 13.3. The highest BCUT2D eigenvalue weighted by Crippen LogP contribution is 2.26. The van der Waals surface area contributed by atoms with Gasteiger partial charge in [-0.25, -0.2) is 5.43 Å². The molecule has 12 heteroatoms. The van der Waals surface area contributed by atoms with E-state index >= 15 is 0 Å². The van der Waals surface area contributed by atoms with Crippen LogP contribution < -0.4 is 10.7 Å². The molecular formula is C27H24ClF3N4O4. The van der Waals surface area contributed by atoms with Crippen LogP contribution in [0.15, 0.2) is 59.7 Å². The number of benzene rings is 3. The quantitative estimate of drug-likeness (QED) is 0.305. The van der Waals surface area contributed by atoms with E-state index in [1.807, 2.05) is 17.4 Å². The van der Waals surface area contributed by atoms with Crippen LogP contribution >= 0.6 is 11.6 Å². The second kappa shape index (κ2) is 11.7. The fourth-order valence-corrected chi connectivity index (χ4v) is 4.52. The standard InChI is InChI=1S/C27H24ClF3N4O4/c28-22-13-17(6-8-23(22)36)24(37)34-33-15-18-5-7-21(20-4-2-1-3-19(18)20)25(38)35-11-9-16(10-12-35)14-32-26(39)27(29,30)31/h1-8,13,15-16,36H,9-12,14H2,(H,32,39)(H,34,37). The van der Waals surface area contributed by atoms with Crippen molar-refractivity contribution in [3.05, 3.63) is 76.3 Å². The zero-order valence-corrected chi connectivity index (χ0v) is 21.2. The summed E-state index contributed by atoms with van der Waals surface area (Å²) in [5, 5.41) is 16.9. The lowest BCUT2D eigenvalue weighted by Gasteiger charge is -2.32. The first-order valence-electron chi connectivity index (χ1n) is 12.0. The summed E-state index contributed by atoms with van der Waals surface area (Å²) in [6.07, 6.45) is -2.52. The number of halogens is 4. The van der Waals surface area contributed by atoms with Crippen molar-refractivity contribution in [2.24, 2.45) is 11.0 Å². The lowest BCUT2D eigenvalue weighted by Crippen LogP contribution is -2.44. The summed E-state index contributed by atoms with van der Waals surface area (Å²) in [6.45, 7) is 0.625. The summed E-state index contributed by atoms with van der Waals surface area (Å²) in [7, 11) is 0. The van der Waals surface area contributed by atoms with Crippen molar-refractivity contribution >= 4 is 46.3 Å². The highest BCUT2D eigenvalue weighted by atomic mass is 35.5. The number of phenols is 1. The molecule has 3 aromatic rings. The molecule has 0 spiro atoms. The van der Waals surface area contributed by atoms with E-state index in [0.29, 0.717) is 42.4 Å². The van der Waals surface area contributed by atoms with Gasteiger partial charge < -0.3 is 15.3 Å². The highest BCUT2D eigenvalue weighted by Gasteiger charge is 2.38. The summed E-state index contributed by atoms with van der Waals surface area (Å²) in [5.41, 5.74) is 3.74. The number of amides is 3. The van der Waals surface area contributed by atoms with Gasteiger partial charge in [0.05, 0.1) is 11.2 Å². The highest BCUT2D eigenvalue weighted by molar-refractivity contribution is 6.32. The fourth-order valence-electron chi connectivity index (χ4n) is 4.34. The van der Waals surface area contributed by atoms with Crippen molar-refractivity contribution in [1.29, 1.82) is 0 Å². The molecule has 1 fully saturated rings. The number of nitrogens with one attached hydrogen (secondary N) is 2. The van der Waals surface area contributed by atoms with Gasteiger partial charge in [-0.2, -0.15) is 18.3 Å². The SMILES string of the molecule is O=C(NN=Cc1ccc(C(=O)N2CCC(CNC(=O)C(F)(F)F)CC2)c2ccccc12)c1ccc(O)c(Cl)c1. The molecule has 3 amide bonds. The predicted octanol–water partition coefficient (Wildman–Crippen LogP) is 4.49. The zero-order valence-electron chi connectivity index (χ0n) is 20.5. The molecule has 39 heavy (non-hydrogen) atoms. The number of fused-ring (bicyclic) bond motifs is 1. The van der Waals surface area contributed by atoms with Gasteiger partial charge in [-0.1, -0.05) is 41.9 Å². The Labute approximate surface area is 226 Å². The second-order valence-corrected chi connectivity index (χ2v) is 9.46. The lowest BCUT2D eigenvalue weighted by atomic mass is 9.95. The predicted molar refractivity (Wildman–Crippen MR) is 140 cm³/mol. The number of phenolic OH excluding ortho intramolecular Hbond substituents is 1. The smallest absolute Gasteiger partial charge is 0.471 e. The molecule has 8 nitrogen and oxygen atoms in total. The molecule has 0 aromatic heterocycles. The van der Waals surface area contributed by atoms with Gasteiger partial charge in [0.1, 0.15) is 5.75 Å². The minimum absolute atomic E-state index is 0.0373. The van der Waals surface area contributed by atoms with Crippen LogP contribution in [0.25, 0.3) is 10.8 Å². The monoisotopic (exact) mass is 560 g/mol. The van der Waals surface area contributed by atoms with Crippen LogP contribution in [0.4, 0.5) is 13.2 Å². The van der Waals surface area contributed by atoms with Gasteiger partial charge in [0.25, 0.3) is 11.8 Å². The van der Waals surface area contributed by atoms with Crippen LogP contribution in [0, 0.1) is 5.92 Å². The molecular weight excluding hydrogens is 537 g/mol. The molecule has 0 unspecified atom stereocenters. The largest absolute Gasteiger partial charge is 0.506 e. The Morgan fingerprint density at radius 1 is 1.05 bits per heavy atom. The van der Waals surface area contributed by atoms with E-state index in [-0.39, 0.29) is 34.7 Å². The van der Waals surface area contributed by atoms with Crippen molar-refractivity contribution in [2.75, 3.05) is 19.6 Å². The number of hydrazone groups is 1. The molecule has 0 saturated carbocycles. The minimum atomic E-state index is -4.92. The molecule has 1 saturated heterocycles. The van der Waals surface area contributed by atoms with Gasteiger partial charge in [-0.3, -0.25) is 14.4 Å². The molecule has 0 atom stereocenters.